The third-order valence-electron chi connectivity index (χ3n) is 3.47. The second-order valence-corrected chi connectivity index (χ2v) is 7.87. The number of ketones is 2. The first-order chi connectivity index (χ1) is 10.8. The van der Waals surface area contributed by atoms with Gasteiger partial charge in [-0.3, -0.25) is 9.59 Å². The topological polar surface area (TPSA) is 74.6 Å². The van der Waals surface area contributed by atoms with E-state index in [2.05, 4.69) is 0 Å². The SMILES string of the molecule is CC(C)(C)C(=O)C=C(O)c1cccc(/C(O)=C/C(=O)C(C)(C)C)c1. The Balaban J connectivity index is 3.15. The minimum absolute atomic E-state index is 0.174. The van der Waals surface area contributed by atoms with Crippen molar-refractivity contribution < 1.29 is 19.8 Å². The average Bonchev–Trinajstić information content (AvgIpc) is 2.45. The molecule has 0 aromatic heterocycles. The summed E-state index contributed by atoms with van der Waals surface area (Å²) in [7, 11) is 0. The summed E-state index contributed by atoms with van der Waals surface area (Å²) < 4.78 is 0. The maximum Gasteiger partial charge on any atom is 0.164 e. The molecule has 0 radical (unpaired) electrons. The highest BCUT2D eigenvalue weighted by Crippen LogP contribution is 2.23. The standard InChI is InChI=1S/C20H26O4/c1-19(2,3)17(23)11-15(21)13-8-7-9-14(10-13)16(22)12-18(24)20(4,5)6/h7-12,21-22H,1-6H3/b15-11-,16-12?. The van der Waals surface area contributed by atoms with Gasteiger partial charge in [-0.2, -0.15) is 0 Å². The molecule has 0 aliphatic heterocycles. The summed E-state index contributed by atoms with van der Waals surface area (Å²) in [6.07, 6.45) is 2.36. The Morgan fingerprint density at radius 2 is 1.12 bits per heavy atom. The van der Waals surface area contributed by atoms with Crippen molar-refractivity contribution in [3.05, 3.63) is 47.5 Å². The molecule has 4 nitrogen and oxygen atoms in total. The molecule has 0 atom stereocenters. The minimum Gasteiger partial charge on any atom is -0.507 e. The fraction of sp³-hybridized carbons (Fsp3) is 0.400. The van der Waals surface area contributed by atoms with E-state index in [-0.39, 0.29) is 23.1 Å². The van der Waals surface area contributed by atoms with Crippen molar-refractivity contribution in [2.45, 2.75) is 41.5 Å². The van der Waals surface area contributed by atoms with Gasteiger partial charge in [0.05, 0.1) is 0 Å². The van der Waals surface area contributed by atoms with Gasteiger partial charge in [-0.25, -0.2) is 0 Å². The number of aliphatic hydroxyl groups excluding tert-OH is 2. The summed E-state index contributed by atoms with van der Waals surface area (Å²) in [5.74, 6) is -0.750. The van der Waals surface area contributed by atoms with Crippen molar-refractivity contribution in [2.24, 2.45) is 10.8 Å². The van der Waals surface area contributed by atoms with Crippen LogP contribution in [0.3, 0.4) is 0 Å². The summed E-state index contributed by atoms with van der Waals surface area (Å²) in [4.78, 5) is 24.0. The lowest BCUT2D eigenvalue weighted by Gasteiger charge is -2.14. The van der Waals surface area contributed by atoms with Crippen molar-refractivity contribution in [3.8, 4) is 0 Å². The monoisotopic (exact) mass is 330 g/mol. The van der Waals surface area contributed by atoms with Crippen LogP contribution in [-0.2, 0) is 9.59 Å². The predicted octanol–water partition coefficient (Wildman–Crippen LogP) is 4.71. The Morgan fingerprint density at radius 1 is 0.792 bits per heavy atom. The smallest absolute Gasteiger partial charge is 0.164 e. The molecule has 0 fully saturated rings. The molecular formula is C20H26O4. The first-order valence-corrected chi connectivity index (χ1v) is 7.83. The highest BCUT2D eigenvalue weighted by atomic mass is 16.3. The zero-order valence-electron chi connectivity index (χ0n) is 15.2. The number of aliphatic hydroxyl groups is 2. The van der Waals surface area contributed by atoms with E-state index in [9.17, 15) is 19.8 Å². The number of rotatable bonds is 4. The van der Waals surface area contributed by atoms with Crippen LogP contribution in [0.2, 0.25) is 0 Å². The number of carbonyl (C=O) groups is 2. The number of allylic oxidation sites excluding steroid dienone is 2. The molecule has 0 unspecified atom stereocenters. The second kappa shape index (κ2) is 7.04. The van der Waals surface area contributed by atoms with Crippen LogP contribution in [0.15, 0.2) is 36.4 Å². The molecule has 0 saturated heterocycles. The third kappa shape index (κ3) is 5.37. The molecule has 0 aliphatic carbocycles. The Bertz CT molecular complexity index is 638. The van der Waals surface area contributed by atoms with Crippen molar-refractivity contribution >= 4 is 23.1 Å². The third-order valence-corrected chi connectivity index (χ3v) is 3.47. The number of hydrogen-bond acceptors (Lipinski definition) is 4. The second-order valence-electron chi connectivity index (χ2n) is 7.87. The van der Waals surface area contributed by atoms with Crippen molar-refractivity contribution in [1.29, 1.82) is 0 Å². The summed E-state index contributed by atoms with van der Waals surface area (Å²) in [6, 6.07) is 6.43. The summed E-state index contributed by atoms with van der Waals surface area (Å²) in [6.45, 7) is 10.6. The lowest BCUT2D eigenvalue weighted by atomic mass is 9.89. The van der Waals surface area contributed by atoms with Crippen LogP contribution in [-0.4, -0.2) is 21.8 Å². The van der Waals surface area contributed by atoms with Gasteiger partial charge in [0.25, 0.3) is 0 Å². The maximum absolute atomic E-state index is 12.0. The van der Waals surface area contributed by atoms with Gasteiger partial charge in [-0.1, -0.05) is 59.7 Å². The van der Waals surface area contributed by atoms with Gasteiger partial charge >= 0.3 is 0 Å². The lowest BCUT2D eigenvalue weighted by Crippen LogP contribution is -2.18. The molecule has 24 heavy (non-hydrogen) atoms. The van der Waals surface area contributed by atoms with Crippen molar-refractivity contribution in [1.82, 2.24) is 0 Å². The molecule has 0 saturated carbocycles. The summed E-state index contributed by atoms with van der Waals surface area (Å²) in [5.41, 5.74) is -0.388. The van der Waals surface area contributed by atoms with Crippen LogP contribution < -0.4 is 0 Å². The van der Waals surface area contributed by atoms with Crippen LogP contribution >= 0.6 is 0 Å². The predicted molar refractivity (Wildman–Crippen MR) is 96.6 cm³/mol. The maximum atomic E-state index is 12.0. The number of hydrogen-bond donors (Lipinski definition) is 2. The van der Waals surface area contributed by atoms with Gasteiger partial charge in [0.15, 0.2) is 11.6 Å². The first-order valence-electron chi connectivity index (χ1n) is 7.83. The Morgan fingerprint density at radius 3 is 1.42 bits per heavy atom. The lowest BCUT2D eigenvalue weighted by molar-refractivity contribution is -0.122. The van der Waals surface area contributed by atoms with E-state index in [0.29, 0.717) is 11.1 Å². The van der Waals surface area contributed by atoms with E-state index in [1.165, 1.54) is 18.2 Å². The van der Waals surface area contributed by atoms with E-state index in [0.717, 1.165) is 0 Å². The van der Waals surface area contributed by atoms with Crippen LogP contribution in [0.4, 0.5) is 0 Å². The zero-order valence-corrected chi connectivity index (χ0v) is 15.2. The summed E-state index contributed by atoms with van der Waals surface area (Å²) in [5, 5.41) is 20.3. The van der Waals surface area contributed by atoms with Crippen LogP contribution in [0.25, 0.3) is 11.5 Å². The Kier molecular flexibility index (Phi) is 5.77. The minimum atomic E-state index is -0.591. The van der Waals surface area contributed by atoms with Crippen LogP contribution in [0.1, 0.15) is 52.7 Å². The molecule has 130 valence electrons. The normalized spacial score (nSPS) is 13.8. The molecular weight excluding hydrogens is 304 g/mol. The van der Waals surface area contributed by atoms with Gasteiger partial charge in [0.2, 0.25) is 0 Å². The molecule has 4 heteroatoms. The molecule has 0 amide bonds. The molecule has 1 rings (SSSR count). The van der Waals surface area contributed by atoms with Crippen LogP contribution in [0, 0.1) is 10.8 Å². The first kappa shape index (κ1) is 19.7. The van der Waals surface area contributed by atoms with Crippen molar-refractivity contribution in [2.75, 3.05) is 0 Å². The Labute approximate surface area is 143 Å². The van der Waals surface area contributed by atoms with E-state index in [4.69, 9.17) is 0 Å². The fourth-order valence-corrected chi connectivity index (χ4v) is 1.69. The van der Waals surface area contributed by atoms with Crippen LogP contribution in [0.5, 0.6) is 0 Å². The van der Waals surface area contributed by atoms with Gasteiger partial charge in [-0.15, -0.1) is 0 Å². The highest BCUT2D eigenvalue weighted by molar-refractivity contribution is 6.00. The van der Waals surface area contributed by atoms with Crippen molar-refractivity contribution in [3.63, 3.8) is 0 Å². The van der Waals surface area contributed by atoms with Gasteiger partial charge in [0, 0.05) is 34.1 Å². The number of benzene rings is 1. The van der Waals surface area contributed by atoms with E-state index < -0.39 is 10.8 Å². The van der Waals surface area contributed by atoms with E-state index >= 15 is 0 Å². The zero-order chi connectivity index (χ0) is 18.7. The van der Waals surface area contributed by atoms with E-state index in [1.54, 1.807) is 59.7 Å². The molecule has 0 aliphatic rings. The highest BCUT2D eigenvalue weighted by Gasteiger charge is 2.21. The molecule has 1 aromatic rings. The fourth-order valence-electron chi connectivity index (χ4n) is 1.69. The molecule has 0 heterocycles. The quantitative estimate of drug-likeness (QED) is 0.619. The molecule has 1 aromatic carbocycles. The molecule has 0 bridgehead atoms. The Hall–Kier alpha value is -2.36. The summed E-state index contributed by atoms with van der Waals surface area (Å²) >= 11 is 0. The number of carbonyl (C=O) groups excluding carboxylic acids is 2. The van der Waals surface area contributed by atoms with Gasteiger partial charge < -0.3 is 10.2 Å². The van der Waals surface area contributed by atoms with E-state index in [1.807, 2.05) is 0 Å². The van der Waals surface area contributed by atoms with Gasteiger partial charge in [0.1, 0.15) is 11.5 Å². The molecule has 0 spiro atoms. The molecule has 2 N–H and O–H groups in total. The van der Waals surface area contributed by atoms with Gasteiger partial charge in [-0.05, 0) is 6.07 Å². The largest absolute Gasteiger partial charge is 0.507 e. The average molecular weight is 330 g/mol.